The first-order valence-corrected chi connectivity index (χ1v) is 7.05. The Hall–Kier alpha value is -2.33. The first-order chi connectivity index (χ1) is 10.2. The van der Waals surface area contributed by atoms with E-state index in [1.807, 2.05) is 11.5 Å². The van der Waals surface area contributed by atoms with Gasteiger partial charge in [0.25, 0.3) is 0 Å². The summed E-state index contributed by atoms with van der Waals surface area (Å²) in [5, 5.41) is 7.45. The third-order valence-corrected chi connectivity index (χ3v) is 3.73. The summed E-state index contributed by atoms with van der Waals surface area (Å²) in [6.07, 6.45) is 1.72. The number of rotatable bonds is 2. The van der Waals surface area contributed by atoms with Gasteiger partial charge in [0.1, 0.15) is 6.54 Å². The van der Waals surface area contributed by atoms with E-state index in [1.54, 1.807) is 13.2 Å². The molecule has 0 unspecified atom stereocenters. The average Bonchev–Trinajstić information content (AvgIpc) is 2.89. The van der Waals surface area contributed by atoms with E-state index in [-0.39, 0.29) is 5.56 Å². The molecule has 1 aliphatic rings. The third kappa shape index (κ3) is 2.38. The minimum atomic E-state index is -0.118. The van der Waals surface area contributed by atoms with Gasteiger partial charge in [-0.25, -0.2) is 14.2 Å². The van der Waals surface area contributed by atoms with E-state index in [0.717, 1.165) is 37.6 Å². The summed E-state index contributed by atoms with van der Waals surface area (Å²) in [5.41, 5.74) is 1.26. The number of imidazole rings is 1. The molecule has 3 rings (SSSR count). The lowest BCUT2D eigenvalue weighted by atomic mass is 10.4. The number of aromatic amines is 1. The fraction of sp³-hybridized carbons (Fsp3) is 0.500. The van der Waals surface area contributed by atoms with E-state index < -0.39 is 0 Å². The Morgan fingerprint density at radius 3 is 2.90 bits per heavy atom. The molecule has 0 saturated carbocycles. The van der Waals surface area contributed by atoms with E-state index in [1.165, 1.54) is 4.68 Å². The number of anilines is 1. The van der Waals surface area contributed by atoms with E-state index >= 15 is 0 Å². The highest BCUT2D eigenvalue weighted by Gasteiger charge is 2.27. The molecule has 0 aromatic carbocycles. The molecule has 2 aromatic rings. The van der Waals surface area contributed by atoms with Crippen LogP contribution in [0.15, 0.2) is 11.0 Å². The van der Waals surface area contributed by atoms with E-state index in [4.69, 9.17) is 0 Å². The molecule has 2 aromatic heterocycles. The van der Waals surface area contributed by atoms with Crippen LogP contribution in [0.3, 0.4) is 0 Å². The number of aromatic nitrogens is 4. The molecule has 1 aliphatic heterocycles. The largest absolute Gasteiger partial charge is 0.359 e. The zero-order valence-corrected chi connectivity index (χ0v) is 12.3. The quantitative estimate of drug-likeness (QED) is 0.548. The number of aryl methyl sites for hydroxylation is 1. The maximum atomic E-state index is 12.2. The highest BCUT2D eigenvalue weighted by molar-refractivity contribution is 5.70. The van der Waals surface area contributed by atoms with Crippen molar-refractivity contribution in [2.45, 2.75) is 13.5 Å². The van der Waals surface area contributed by atoms with Gasteiger partial charge in [0.05, 0.1) is 19.3 Å². The van der Waals surface area contributed by atoms with Crippen LogP contribution in [0, 0.1) is 11.8 Å². The first-order valence-electron chi connectivity index (χ1n) is 7.05. The summed E-state index contributed by atoms with van der Waals surface area (Å²) in [5.74, 6) is 6.91. The van der Waals surface area contributed by atoms with Gasteiger partial charge >= 0.3 is 11.5 Å². The van der Waals surface area contributed by atoms with Gasteiger partial charge in [-0.1, -0.05) is 5.92 Å². The maximum absolute atomic E-state index is 12.2. The molecule has 3 heterocycles. The Bertz CT molecular complexity index is 772. The molecule has 0 spiro atoms. The molecule has 21 heavy (non-hydrogen) atoms. The summed E-state index contributed by atoms with van der Waals surface area (Å²) >= 11 is 0. The number of hydrogen-bond acceptors (Lipinski definition) is 4. The zero-order chi connectivity index (χ0) is 14.8. The number of nitrogens with zero attached hydrogens (tertiary/aromatic N) is 4. The monoisotopic (exact) mass is 287 g/mol. The van der Waals surface area contributed by atoms with Crippen LogP contribution in [0.25, 0.3) is 11.0 Å². The van der Waals surface area contributed by atoms with Crippen molar-refractivity contribution in [1.82, 2.24) is 20.1 Å². The minimum absolute atomic E-state index is 0.118. The van der Waals surface area contributed by atoms with Gasteiger partial charge in [-0.3, -0.25) is 9.69 Å². The predicted molar refractivity (Wildman–Crippen MR) is 80.1 cm³/mol. The minimum Gasteiger partial charge on any atom is -0.310 e. The Morgan fingerprint density at radius 2 is 2.19 bits per heavy atom. The van der Waals surface area contributed by atoms with Crippen LogP contribution in [0.2, 0.25) is 0 Å². The smallest absolute Gasteiger partial charge is 0.310 e. The van der Waals surface area contributed by atoms with Crippen LogP contribution in [0.4, 0.5) is 5.95 Å². The van der Waals surface area contributed by atoms with Gasteiger partial charge in [0.15, 0.2) is 5.52 Å². The molecule has 2 N–H and O–H groups in total. The van der Waals surface area contributed by atoms with Crippen LogP contribution >= 0.6 is 0 Å². The van der Waals surface area contributed by atoms with Crippen molar-refractivity contribution in [3.05, 3.63) is 16.6 Å². The van der Waals surface area contributed by atoms with Gasteiger partial charge in [0.2, 0.25) is 5.52 Å². The Labute approximate surface area is 122 Å². The van der Waals surface area contributed by atoms with E-state index in [9.17, 15) is 4.79 Å². The maximum Gasteiger partial charge on any atom is 0.359 e. The van der Waals surface area contributed by atoms with Crippen molar-refractivity contribution >= 4 is 17.0 Å². The van der Waals surface area contributed by atoms with Gasteiger partial charge in [-0.2, -0.15) is 5.10 Å². The first kappa shape index (κ1) is 13.6. The summed E-state index contributed by atoms with van der Waals surface area (Å²) in [6, 6.07) is 0. The Morgan fingerprint density at radius 1 is 1.43 bits per heavy atom. The van der Waals surface area contributed by atoms with E-state index in [0.29, 0.717) is 12.1 Å². The second-order valence-electron chi connectivity index (χ2n) is 5.03. The fourth-order valence-electron chi connectivity index (χ4n) is 2.59. The van der Waals surface area contributed by atoms with Crippen molar-refractivity contribution in [2.24, 2.45) is 7.05 Å². The van der Waals surface area contributed by atoms with E-state index in [2.05, 4.69) is 32.1 Å². The third-order valence-electron chi connectivity index (χ3n) is 3.73. The molecule has 0 bridgehead atoms. The number of fused-ring (bicyclic) bond motifs is 1. The number of piperazine rings is 1. The standard InChI is InChI=1S/C14H18N6O/c1-3-4-7-20-11-10-16-18(2)13(21)12(11)17-14(20)19-8-5-15-6-9-19/h10,15H,5-9H2,1-2H3/p+1. The fourth-order valence-corrected chi connectivity index (χ4v) is 2.59. The van der Waals surface area contributed by atoms with Crippen molar-refractivity contribution in [3.8, 4) is 11.8 Å². The molecule has 0 atom stereocenters. The second-order valence-corrected chi connectivity index (χ2v) is 5.03. The molecule has 110 valence electrons. The van der Waals surface area contributed by atoms with Crippen LogP contribution in [0.5, 0.6) is 0 Å². The van der Waals surface area contributed by atoms with Gasteiger partial charge in [-0.15, -0.1) is 5.92 Å². The van der Waals surface area contributed by atoms with Crippen LogP contribution < -0.4 is 20.3 Å². The van der Waals surface area contributed by atoms with Crippen LogP contribution in [-0.4, -0.2) is 40.9 Å². The molecule has 0 amide bonds. The second kappa shape index (κ2) is 5.58. The topological polar surface area (TPSA) is 69.8 Å². The molecular formula is C14H19N6O+. The molecule has 1 fully saturated rings. The van der Waals surface area contributed by atoms with Crippen molar-refractivity contribution in [1.29, 1.82) is 0 Å². The average molecular weight is 287 g/mol. The lowest BCUT2D eigenvalue weighted by Gasteiger charge is -2.22. The van der Waals surface area contributed by atoms with Crippen molar-refractivity contribution in [3.63, 3.8) is 0 Å². The lowest BCUT2D eigenvalue weighted by molar-refractivity contribution is -0.645. The molecular weight excluding hydrogens is 268 g/mol. The molecule has 1 saturated heterocycles. The Balaban J connectivity index is 2.18. The highest BCUT2D eigenvalue weighted by atomic mass is 16.1. The summed E-state index contributed by atoms with van der Waals surface area (Å²) in [6.45, 7) is 6.04. The number of nitrogens with one attached hydrogen (secondary N) is 2. The highest BCUT2D eigenvalue weighted by Crippen LogP contribution is 2.12. The van der Waals surface area contributed by atoms with Crippen LogP contribution in [0.1, 0.15) is 6.92 Å². The van der Waals surface area contributed by atoms with Gasteiger partial charge < -0.3 is 5.32 Å². The summed E-state index contributed by atoms with van der Waals surface area (Å²) < 4.78 is 3.38. The van der Waals surface area contributed by atoms with Crippen molar-refractivity contribution in [2.75, 3.05) is 31.1 Å². The normalized spacial score (nSPS) is 15.0. The molecule has 0 aliphatic carbocycles. The van der Waals surface area contributed by atoms with Gasteiger partial charge in [-0.05, 0) is 6.92 Å². The number of hydrogen-bond donors (Lipinski definition) is 2. The molecule has 0 radical (unpaired) electrons. The van der Waals surface area contributed by atoms with Crippen LogP contribution in [-0.2, 0) is 13.6 Å². The number of H-pyrrole nitrogens is 1. The van der Waals surface area contributed by atoms with Crippen molar-refractivity contribution < 1.29 is 4.57 Å². The Kier molecular flexibility index (Phi) is 3.62. The molecule has 7 nitrogen and oxygen atoms in total. The lowest BCUT2D eigenvalue weighted by Crippen LogP contribution is -2.49. The molecule has 7 heteroatoms. The zero-order valence-electron chi connectivity index (χ0n) is 12.3. The summed E-state index contributed by atoms with van der Waals surface area (Å²) in [7, 11) is 1.66. The predicted octanol–water partition coefficient (Wildman–Crippen LogP) is -1.02. The van der Waals surface area contributed by atoms with Gasteiger partial charge in [0, 0.05) is 20.1 Å². The summed E-state index contributed by atoms with van der Waals surface area (Å²) in [4.78, 5) is 17.8. The SMILES string of the molecule is CC#CC[n+]1c(N2CCNCC2)[nH]c2c(=O)n(C)ncc21.